The van der Waals surface area contributed by atoms with E-state index in [0.29, 0.717) is 0 Å². The fraction of sp³-hybridized carbons (Fsp3) is 1.00. The molecule has 1 unspecified atom stereocenters. The first-order chi connectivity index (χ1) is 6.83. The van der Waals surface area contributed by atoms with Gasteiger partial charge in [0.1, 0.15) is 0 Å². The van der Waals surface area contributed by atoms with Crippen LogP contribution in [-0.2, 0) is 18.6 Å². The summed E-state index contributed by atoms with van der Waals surface area (Å²) in [5, 5.41) is 9.71. The van der Waals surface area contributed by atoms with Crippen LogP contribution < -0.4 is 0 Å². The van der Waals surface area contributed by atoms with E-state index < -0.39 is 13.6 Å². The van der Waals surface area contributed by atoms with E-state index in [4.69, 9.17) is 14.4 Å². The first-order valence-electron chi connectivity index (χ1n) is 4.78. The highest BCUT2D eigenvalue weighted by atomic mass is 31.2. The van der Waals surface area contributed by atoms with Crippen molar-refractivity contribution in [2.75, 3.05) is 26.5 Å². The summed E-state index contributed by atoms with van der Waals surface area (Å²) in [5.41, 5.74) is 0. The lowest BCUT2D eigenvalue weighted by Crippen LogP contribution is -2.37. The second-order valence-electron chi connectivity index (χ2n) is 2.96. The summed E-state index contributed by atoms with van der Waals surface area (Å²) in [7, 11) is -3.51. The first-order valence-corrected chi connectivity index (χ1v) is 6.80. The number of hydrogen-bond acceptors (Lipinski definition) is 5. The first kappa shape index (κ1) is 15.0. The van der Waals surface area contributed by atoms with Gasteiger partial charge in [-0.15, -0.1) is 0 Å². The van der Waals surface area contributed by atoms with Crippen molar-refractivity contribution in [1.29, 1.82) is 0 Å². The summed E-state index contributed by atoms with van der Waals surface area (Å²) in [6.45, 7) is 4.94. The Morgan fingerprint density at radius 3 is 2.07 bits per heavy atom. The summed E-state index contributed by atoms with van der Waals surface area (Å²) in [6.07, 6.45) is -0.0208. The van der Waals surface area contributed by atoms with Crippen molar-refractivity contribution in [2.24, 2.45) is 0 Å². The maximum atomic E-state index is 10.8. The van der Waals surface area contributed by atoms with Crippen LogP contribution in [-0.4, -0.2) is 42.5 Å². The Bertz CT molecular complexity index is 207. The molecule has 0 bridgehead atoms. The molecule has 7 heteroatoms. The molecule has 0 radical (unpaired) electrons. The van der Waals surface area contributed by atoms with Gasteiger partial charge in [-0.1, -0.05) is 0 Å². The van der Waals surface area contributed by atoms with Gasteiger partial charge in [0.2, 0.25) is 0 Å². The molecule has 0 aromatic heterocycles. The molecule has 6 nitrogen and oxygen atoms in total. The minimum absolute atomic E-state index is 0.0208. The molecule has 0 aromatic carbocycles. The monoisotopic (exact) mass is 242 g/mol. The van der Waals surface area contributed by atoms with Gasteiger partial charge in [0.25, 0.3) is 5.97 Å². The van der Waals surface area contributed by atoms with Crippen LogP contribution in [0.2, 0.25) is 0 Å². The average Bonchev–Trinajstić information content (AvgIpc) is 2.01. The minimum atomic E-state index is -3.51. The smallest absolute Gasteiger partial charge is 0.325 e. The lowest BCUT2D eigenvalue weighted by molar-refractivity contribution is -0.361. The normalized spacial score (nSPS) is 16.3. The van der Waals surface area contributed by atoms with Gasteiger partial charge in [-0.05, 0) is 13.8 Å². The molecular formula is C8H19O6P. The summed E-state index contributed by atoms with van der Waals surface area (Å²) in [6, 6.07) is 0. The largest absolute Gasteiger partial charge is 0.343 e. The molecule has 0 saturated heterocycles. The van der Waals surface area contributed by atoms with E-state index in [0.717, 1.165) is 6.66 Å². The van der Waals surface area contributed by atoms with Crippen LogP contribution in [0, 0.1) is 0 Å². The van der Waals surface area contributed by atoms with Crippen LogP contribution >= 0.6 is 7.60 Å². The van der Waals surface area contributed by atoms with E-state index in [1.165, 1.54) is 0 Å². The Hall–Kier alpha value is 0.0300. The fourth-order valence-corrected chi connectivity index (χ4v) is 1.41. The van der Waals surface area contributed by atoms with E-state index in [-0.39, 0.29) is 26.2 Å². The van der Waals surface area contributed by atoms with Crippen molar-refractivity contribution in [3.63, 3.8) is 0 Å². The lowest BCUT2D eigenvalue weighted by atomic mass is 10.4. The standard InChI is InChI=1S/C8H19O6P/c1-4-12-8(9,13-5-2)6-7-14-15(3,10)11/h9H,4-7H2,1-3H3,(H,10,11). The Balaban J connectivity index is 4.01. The fourth-order valence-electron chi connectivity index (χ4n) is 0.981. The van der Waals surface area contributed by atoms with Crippen molar-refractivity contribution < 1.29 is 28.6 Å². The molecule has 0 heterocycles. The van der Waals surface area contributed by atoms with Crippen LogP contribution in [0.4, 0.5) is 0 Å². The van der Waals surface area contributed by atoms with Crippen LogP contribution in [0.25, 0.3) is 0 Å². The molecule has 2 N–H and O–H groups in total. The minimum Gasteiger partial charge on any atom is -0.343 e. The molecule has 0 aromatic rings. The second-order valence-corrected chi connectivity index (χ2v) is 4.83. The highest BCUT2D eigenvalue weighted by Gasteiger charge is 2.28. The molecule has 0 saturated carbocycles. The quantitative estimate of drug-likeness (QED) is 0.486. The van der Waals surface area contributed by atoms with Crippen molar-refractivity contribution >= 4 is 7.60 Å². The van der Waals surface area contributed by atoms with E-state index >= 15 is 0 Å². The van der Waals surface area contributed by atoms with Crippen molar-refractivity contribution in [2.45, 2.75) is 26.2 Å². The number of aliphatic hydroxyl groups is 1. The average molecular weight is 242 g/mol. The molecule has 0 amide bonds. The Kier molecular flexibility index (Phi) is 6.59. The maximum Gasteiger partial charge on any atom is 0.325 e. The van der Waals surface area contributed by atoms with Crippen molar-refractivity contribution in [3.8, 4) is 0 Å². The van der Waals surface area contributed by atoms with Crippen LogP contribution in [0.5, 0.6) is 0 Å². The second kappa shape index (κ2) is 6.58. The van der Waals surface area contributed by atoms with E-state index in [2.05, 4.69) is 4.52 Å². The van der Waals surface area contributed by atoms with Gasteiger partial charge < -0.3 is 24.0 Å². The molecule has 0 spiro atoms. The molecule has 0 rings (SSSR count). The Morgan fingerprint density at radius 2 is 1.73 bits per heavy atom. The van der Waals surface area contributed by atoms with Crippen molar-refractivity contribution in [1.82, 2.24) is 0 Å². The third-order valence-corrected chi connectivity index (χ3v) is 2.15. The summed E-state index contributed by atoms with van der Waals surface area (Å²) in [4.78, 5) is 8.84. The van der Waals surface area contributed by atoms with E-state index in [9.17, 15) is 9.67 Å². The highest BCUT2D eigenvalue weighted by Crippen LogP contribution is 2.37. The maximum absolute atomic E-state index is 10.8. The predicted molar refractivity (Wildman–Crippen MR) is 54.5 cm³/mol. The van der Waals surface area contributed by atoms with Gasteiger partial charge in [0.15, 0.2) is 0 Å². The molecule has 0 aliphatic heterocycles. The molecule has 0 aliphatic rings. The number of rotatable bonds is 8. The zero-order valence-electron chi connectivity index (χ0n) is 9.30. The molecular weight excluding hydrogens is 223 g/mol. The summed E-state index contributed by atoms with van der Waals surface area (Å²) in [5.74, 6) is -1.74. The number of hydrogen-bond donors (Lipinski definition) is 2. The van der Waals surface area contributed by atoms with Gasteiger partial charge in [0, 0.05) is 19.9 Å². The Morgan fingerprint density at radius 1 is 1.27 bits per heavy atom. The van der Waals surface area contributed by atoms with Crippen molar-refractivity contribution in [3.05, 3.63) is 0 Å². The Labute approximate surface area is 89.7 Å². The lowest BCUT2D eigenvalue weighted by Gasteiger charge is -2.26. The van der Waals surface area contributed by atoms with E-state index in [1.807, 2.05) is 0 Å². The molecule has 0 fully saturated rings. The molecule has 1 atom stereocenters. The molecule has 15 heavy (non-hydrogen) atoms. The van der Waals surface area contributed by atoms with Gasteiger partial charge in [-0.2, -0.15) is 0 Å². The van der Waals surface area contributed by atoms with Crippen LogP contribution in [0.3, 0.4) is 0 Å². The highest BCUT2D eigenvalue weighted by molar-refractivity contribution is 7.51. The van der Waals surface area contributed by atoms with Crippen LogP contribution in [0.15, 0.2) is 0 Å². The summed E-state index contributed by atoms with van der Waals surface area (Å²) < 4.78 is 25.3. The van der Waals surface area contributed by atoms with Gasteiger partial charge in [0.05, 0.1) is 13.0 Å². The van der Waals surface area contributed by atoms with Gasteiger partial charge in [-0.25, -0.2) is 0 Å². The molecule has 0 aliphatic carbocycles. The topological polar surface area (TPSA) is 85.2 Å². The van der Waals surface area contributed by atoms with E-state index in [1.54, 1.807) is 13.8 Å². The molecule has 92 valence electrons. The SMILES string of the molecule is CCOC(O)(CCOP(C)(=O)O)OCC. The predicted octanol–water partition coefficient (Wildman–Crippen LogP) is 0.927. The zero-order valence-corrected chi connectivity index (χ0v) is 10.2. The number of ether oxygens (including phenoxy) is 2. The van der Waals surface area contributed by atoms with Gasteiger partial charge in [-0.3, -0.25) is 4.57 Å². The van der Waals surface area contributed by atoms with Gasteiger partial charge >= 0.3 is 7.60 Å². The van der Waals surface area contributed by atoms with Crippen LogP contribution in [0.1, 0.15) is 20.3 Å². The zero-order chi connectivity index (χ0) is 11.9. The third-order valence-electron chi connectivity index (χ3n) is 1.49. The third kappa shape index (κ3) is 7.90. The summed E-state index contributed by atoms with van der Waals surface area (Å²) >= 11 is 0.